The lowest BCUT2D eigenvalue weighted by atomic mass is 10.2. The quantitative estimate of drug-likeness (QED) is 0.688. The minimum absolute atomic E-state index is 0.0295. The Labute approximate surface area is 172 Å². The maximum atomic E-state index is 13.1. The highest BCUT2D eigenvalue weighted by atomic mass is 35.5. The number of hydrogen-bond acceptors (Lipinski definition) is 5. The Kier molecular flexibility index (Phi) is 5.90. The van der Waals surface area contributed by atoms with Crippen molar-refractivity contribution >= 4 is 28.8 Å². The highest BCUT2D eigenvalue weighted by Crippen LogP contribution is 2.30. The molecule has 1 aliphatic heterocycles. The zero-order valence-corrected chi connectivity index (χ0v) is 16.7. The van der Waals surface area contributed by atoms with E-state index in [-0.39, 0.29) is 11.9 Å². The summed E-state index contributed by atoms with van der Waals surface area (Å²) in [6.45, 7) is 2.57. The lowest BCUT2D eigenvalue weighted by Gasteiger charge is -2.35. The van der Waals surface area contributed by atoms with Gasteiger partial charge in [0.15, 0.2) is 0 Å². The van der Waals surface area contributed by atoms with E-state index in [1.807, 2.05) is 53.4 Å². The molecule has 1 fully saturated rings. The average molecular weight is 414 g/mol. The molecule has 1 aliphatic rings. The lowest BCUT2D eigenvalue weighted by Crippen LogP contribution is -2.55. The second-order valence-electron chi connectivity index (χ2n) is 6.53. The Balaban J connectivity index is 1.47. The maximum absolute atomic E-state index is 13.1. The number of nitrogens with zero attached hydrogens (tertiary/aromatic N) is 2. The Morgan fingerprint density at radius 2 is 2.21 bits per heavy atom. The number of halogens is 1. The number of benzene rings is 1. The van der Waals surface area contributed by atoms with Crippen molar-refractivity contribution in [2.45, 2.75) is 6.04 Å². The van der Waals surface area contributed by atoms with Crippen LogP contribution in [0.15, 0.2) is 60.9 Å². The fourth-order valence-electron chi connectivity index (χ4n) is 3.19. The van der Waals surface area contributed by atoms with Crippen LogP contribution in [0, 0.1) is 0 Å². The second kappa shape index (κ2) is 8.73. The van der Waals surface area contributed by atoms with Gasteiger partial charge in [-0.25, -0.2) is 0 Å². The summed E-state index contributed by atoms with van der Waals surface area (Å²) in [7, 11) is 0. The van der Waals surface area contributed by atoms with E-state index in [0.717, 1.165) is 21.9 Å². The van der Waals surface area contributed by atoms with Gasteiger partial charge in [0.25, 0.3) is 5.91 Å². The third-order valence-corrected chi connectivity index (χ3v) is 5.97. The van der Waals surface area contributed by atoms with E-state index in [0.29, 0.717) is 30.5 Å². The first-order valence-electron chi connectivity index (χ1n) is 9.11. The largest absolute Gasteiger partial charge is 0.490 e. The van der Waals surface area contributed by atoms with Crippen molar-refractivity contribution in [2.75, 3.05) is 26.2 Å². The highest BCUT2D eigenvalue weighted by Gasteiger charge is 2.29. The summed E-state index contributed by atoms with van der Waals surface area (Å²) in [5, 5.41) is 4.03. The molecule has 0 radical (unpaired) electrons. The van der Waals surface area contributed by atoms with Gasteiger partial charge in [0, 0.05) is 35.7 Å². The first-order chi connectivity index (χ1) is 13.7. The number of pyridine rings is 1. The number of aromatic nitrogens is 1. The van der Waals surface area contributed by atoms with E-state index in [1.54, 1.807) is 12.4 Å². The molecule has 3 heterocycles. The number of ether oxygens (including phenoxy) is 1. The van der Waals surface area contributed by atoms with Gasteiger partial charge in [-0.15, -0.1) is 11.3 Å². The molecule has 1 unspecified atom stereocenters. The standard InChI is InChI=1S/C21H20ClN3O2S/c22-16-4-1-3-15(11-16)19-6-7-20(28-19)21(26)25-10-9-24-12-17(25)14-27-18-5-2-8-23-13-18/h1-8,11,13,17,24H,9-10,12,14H2. The van der Waals surface area contributed by atoms with Crippen LogP contribution in [-0.2, 0) is 0 Å². The molecule has 0 saturated carbocycles. The van der Waals surface area contributed by atoms with E-state index < -0.39 is 0 Å². The first kappa shape index (κ1) is 18.9. The van der Waals surface area contributed by atoms with Crippen LogP contribution in [-0.4, -0.2) is 48.1 Å². The summed E-state index contributed by atoms with van der Waals surface area (Å²) in [6, 6.07) is 15.2. The Morgan fingerprint density at radius 3 is 3.04 bits per heavy atom. The third kappa shape index (κ3) is 4.35. The summed E-state index contributed by atoms with van der Waals surface area (Å²) in [5.41, 5.74) is 1.02. The van der Waals surface area contributed by atoms with Gasteiger partial charge < -0.3 is 15.0 Å². The molecule has 28 heavy (non-hydrogen) atoms. The molecule has 0 aliphatic carbocycles. The molecule has 144 valence electrons. The Bertz CT molecular complexity index is 948. The molecule has 1 amide bonds. The van der Waals surface area contributed by atoms with Crippen molar-refractivity contribution in [2.24, 2.45) is 0 Å². The van der Waals surface area contributed by atoms with E-state index in [4.69, 9.17) is 16.3 Å². The molecule has 0 bridgehead atoms. The van der Waals surface area contributed by atoms with Gasteiger partial charge in [0.1, 0.15) is 12.4 Å². The second-order valence-corrected chi connectivity index (χ2v) is 8.05. The predicted molar refractivity (Wildman–Crippen MR) is 112 cm³/mol. The number of carbonyl (C=O) groups excluding carboxylic acids is 1. The SMILES string of the molecule is O=C(c1ccc(-c2cccc(Cl)c2)s1)N1CCNCC1COc1cccnc1. The third-order valence-electron chi connectivity index (χ3n) is 4.61. The zero-order chi connectivity index (χ0) is 19.3. The zero-order valence-electron chi connectivity index (χ0n) is 15.2. The molecular formula is C21H20ClN3O2S. The minimum atomic E-state index is -0.0295. The Morgan fingerprint density at radius 1 is 1.29 bits per heavy atom. The van der Waals surface area contributed by atoms with Crippen LogP contribution in [0.5, 0.6) is 5.75 Å². The van der Waals surface area contributed by atoms with E-state index in [1.165, 1.54) is 11.3 Å². The number of piperazine rings is 1. The van der Waals surface area contributed by atoms with Crippen LogP contribution in [0.2, 0.25) is 5.02 Å². The predicted octanol–water partition coefficient (Wildman–Crippen LogP) is 3.96. The number of amides is 1. The van der Waals surface area contributed by atoms with Gasteiger partial charge >= 0.3 is 0 Å². The summed E-state index contributed by atoms with van der Waals surface area (Å²) >= 11 is 7.59. The van der Waals surface area contributed by atoms with Gasteiger partial charge in [0.2, 0.25) is 0 Å². The monoisotopic (exact) mass is 413 g/mol. The summed E-state index contributed by atoms with van der Waals surface area (Å²) in [4.78, 5) is 20.9. The number of carbonyl (C=O) groups is 1. The van der Waals surface area contributed by atoms with Crippen LogP contribution in [0.4, 0.5) is 0 Å². The van der Waals surface area contributed by atoms with Crippen LogP contribution < -0.4 is 10.1 Å². The molecule has 3 aromatic rings. The van der Waals surface area contributed by atoms with Crippen LogP contribution in [0.1, 0.15) is 9.67 Å². The van der Waals surface area contributed by atoms with E-state index in [9.17, 15) is 4.79 Å². The molecule has 1 atom stereocenters. The maximum Gasteiger partial charge on any atom is 0.264 e. The highest BCUT2D eigenvalue weighted by molar-refractivity contribution is 7.17. The smallest absolute Gasteiger partial charge is 0.264 e. The average Bonchev–Trinajstić information content (AvgIpc) is 3.23. The van der Waals surface area contributed by atoms with Crippen molar-refractivity contribution in [1.29, 1.82) is 0 Å². The molecule has 0 spiro atoms. The minimum Gasteiger partial charge on any atom is -0.490 e. The van der Waals surface area contributed by atoms with Gasteiger partial charge in [-0.3, -0.25) is 9.78 Å². The van der Waals surface area contributed by atoms with Crippen molar-refractivity contribution in [3.05, 3.63) is 70.8 Å². The fraction of sp³-hybridized carbons (Fsp3) is 0.238. The van der Waals surface area contributed by atoms with Crippen molar-refractivity contribution < 1.29 is 9.53 Å². The van der Waals surface area contributed by atoms with Crippen LogP contribution >= 0.6 is 22.9 Å². The molecule has 1 aromatic carbocycles. The molecule has 4 rings (SSSR count). The summed E-state index contributed by atoms with van der Waals surface area (Å²) in [6.07, 6.45) is 3.39. The van der Waals surface area contributed by atoms with Gasteiger partial charge in [0.05, 0.1) is 17.1 Å². The van der Waals surface area contributed by atoms with Crippen LogP contribution in [0.3, 0.4) is 0 Å². The van der Waals surface area contributed by atoms with Crippen molar-refractivity contribution in [1.82, 2.24) is 15.2 Å². The number of thiophene rings is 1. The summed E-state index contributed by atoms with van der Waals surface area (Å²) < 4.78 is 5.84. The number of rotatable bonds is 5. The lowest BCUT2D eigenvalue weighted by molar-refractivity contribution is 0.0564. The summed E-state index contributed by atoms with van der Waals surface area (Å²) in [5.74, 6) is 0.749. The molecule has 7 heteroatoms. The first-order valence-corrected chi connectivity index (χ1v) is 10.3. The van der Waals surface area contributed by atoms with Crippen molar-refractivity contribution in [3.63, 3.8) is 0 Å². The van der Waals surface area contributed by atoms with Crippen LogP contribution in [0.25, 0.3) is 10.4 Å². The normalized spacial score (nSPS) is 16.8. The van der Waals surface area contributed by atoms with Crippen molar-refractivity contribution in [3.8, 4) is 16.2 Å². The molecule has 5 nitrogen and oxygen atoms in total. The van der Waals surface area contributed by atoms with Gasteiger partial charge in [-0.1, -0.05) is 23.7 Å². The molecule has 1 saturated heterocycles. The number of nitrogens with one attached hydrogen (secondary N) is 1. The molecular weight excluding hydrogens is 394 g/mol. The molecule has 2 aromatic heterocycles. The fourth-order valence-corrected chi connectivity index (χ4v) is 4.34. The molecule has 1 N–H and O–H groups in total. The Hall–Kier alpha value is -2.41. The van der Waals surface area contributed by atoms with Gasteiger partial charge in [-0.2, -0.15) is 0 Å². The topological polar surface area (TPSA) is 54.5 Å². The number of hydrogen-bond donors (Lipinski definition) is 1. The van der Waals surface area contributed by atoms with E-state index in [2.05, 4.69) is 10.3 Å². The van der Waals surface area contributed by atoms with Gasteiger partial charge in [-0.05, 0) is 42.0 Å². The van der Waals surface area contributed by atoms with E-state index >= 15 is 0 Å².